The maximum absolute atomic E-state index is 15.5. The first-order valence-electron chi connectivity index (χ1n) is 12.7. The van der Waals surface area contributed by atoms with Gasteiger partial charge in [-0.05, 0) is 49.3 Å². The molecule has 2 heterocycles. The summed E-state index contributed by atoms with van der Waals surface area (Å²) in [7, 11) is -4.49. The van der Waals surface area contributed by atoms with Crippen molar-refractivity contribution in [2.75, 3.05) is 42.3 Å². The lowest BCUT2D eigenvalue weighted by Crippen LogP contribution is -2.42. The number of morpholine rings is 1. The molecule has 1 atom stereocenters. The third-order valence-corrected chi connectivity index (χ3v) is 8.17. The summed E-state index contributed by atoms with van der Waals surface area (Å²) in [5.74, 6) is -3.14. The Morgan fingerprint density at radius 2 is 1.71 bits per heavy atom. The minimum atomic E-state index is -4.83. The zero-order chi connectivity index (χ0) is 29.8. The van der Waals surface area contributed by atoms with Crippen molar-refractivity contribution in [3.05, 3.63) is 42.0 Å². The Kier molecular flexibility index (Phi) is 9.48. The van der Waals surface area contributed by atoms with Gasteiger partial charge in [0, 0.05) is 19.1 Å². The Hall–Kier alpha value is -2.92. The molecule has 9 nitrogen and oxygen atoms in total. The number of nitrogens with one attached hydrogen (secondary N) is 2. The van der Waals surface area contributed by atoms with E-state index in [0.717, 1.165) is 12.1 Å². The number of rotatable bonds is 9. The van der Waals surface area contributed by atoms with E-state index >= 15 is 4.39 Å². The molecule has 1 aliphatic heterocycles. The van der Waals surface area contributed by atoms with Gasteiger partial charge in [0.15, 0.2) is 17.4 Å². The Balaban J connectivity index is 1.36. The molecule has 2 fully saturated rings. The number of hydrogen-bond acceptors (Lipinski definition) is 8. The molecular formula is C24H28F7N5O4S. The molecule has 17 heteroatoms. The van der Waals surface area contributed by atoms with Gasteiger partial charge in [-0.3, -0.25) is 0 Å². The molecule has 2 aromatic rings. The fourth-order valence-electron chi connectivity index (χ4n) is 4.95. The molecule has 1 aromatic heterocycles. The second-order valence-corrected chi connectivity index (χ2v) is 11.6. The fourth-order valence-corrected chi connectivity index (χ4v) is 6.20. The van der Waals surface area contributed by atoms with Gasteiger partial charge in [-0.15, -0.1) is 13.2 Å². The number of sulfonamides is 1. The zero-order valence-corrected chi connectivity index (χ0v) is 22.3. The van der Waals surface area contributed by atoms with Gasteiger partial charge in [0.25, 0.3) is 0 Å². The fraction of sp³-hybridized carbons (Fsp3) is 0.583. The molecule has 228 valence electrons. The van der Waals surface area contributed by atoms with Crippen LogP contribution in [0.15, 0.2) is 30.6 Å². The SMILES string of the molecule is O=S(=O)(CC(F)(F)F)NC1CCC(CNc2ncnc(N3CCOC[C@@H]3c3ccc(OC(F)(F)F)cc3)c2F)CC1. The maximum Gasteiger partial charge on any atom is 0.573 e. The lowest BCUT2D eigenvalue weighted by molar-refractivity contribution is -0.274. The van der Waals surface area contributed by atoms with Crippen LogP contribution in [0.2, 0.25) is 0 Å². The van der Waals surface area contributed by atoms with Crippen LogP contribution in [0.25, 0.3) is 0 Å². The van der Waals surface area contributed by atoms with Crippen LogP contribution in [0, 0.1) is 11.7 Å². The summed E-state index contributed by atoms with van der Waals surface area (Å²) in [6.45, 7) is 0.964. The molecule has 0 unspecified atom stereocenters. The van der Waals surface area contributed by atoms with E-state index in [9.17, 15) is 34.8 Å². The minimum Gasteiger partial charge on any atom is -0.406 e. The van der Waals surface area contributed by atoms with Crippen LogP contribution in [-0.4, -0.2) is 69.0 Å². The Labute approximate surface area is 231 Å². The molecule has 2 N–H and O–H groups in total. The predicted molar refractivity (Wildman–Crippen MR) is 133 cm³/mol. The lowest BCUT2D eigenvalue weighted by Gasteiger charge is -2.37. The number of ether oxygens (including phenoxy) is 2. The van der Waals surface area contributed by atoms with E-state index in [1.54, 1.807) is 4.90 Å². The number of aromatic nitrogens is 2. The number of benzene rings is 1. The monoisotopic (exact) mass is 615 g/mol. The molecule has 1 saturated heterocycles. The van der Waals surface area contributed by atoms with Crippen LogP contribution in [-0.2, 0) is 14.8 Å². The van der Waals surface area contributed by atoms with Crippen molar-refractivity contribution in [2.45, 2.75) is 50.3 Å². The van der Waals surface area contributed by atoms with E-state index in [1.165, 1.54) is 18.5 Å². The first kappa shape index (κ1) is 31.0. The number of nitrogens with zero attached hydrogens (tertiary/aromatic N) is 3. The number of hydrogen-bond donors (Lipinski definition) is 2. The van der Waals surface area contributed by atoms with E-state index in [-0.39, 0.29) is 37.3 Å². The lowest BCUT2D eigenvalue weighted by atomic mass is 9.86. The summed E-state index contributed by atoms with van der Waals surface area (Å²) >= 11 is 0. The maximum atomic E-state index is 15.5. The van der Waals surface area contributed by atoms with E-state index in [2.05, 4.69) is 24.7 Å². The van der Waals surface area contributed by atoms with Crippen LogP contribution in [0.5, 0.6) is 5.75 Å². The molecule has 2 aliphatic rings. The number of alkyl halides is 6. The van der Waals surface area contributed by atoms with Gasteiger partial charge in [-0.2, -0.15) is 17.6 Å². The highest BCUT2D eigenvalue weighted by Gasteiger charge is 2.37. The predicted octanol–water partition coefficient (Wildman–Crippen LogP) is 4.54. The average Bonchev–Trinajstić information content (AvgIpc) is 2.87. The summed E-state index contributed by atoms with van der Waals surface area (Å²) in [5, 5.41) is 2.95. The van der Waals surface area contributed by atoms with Gasteiger partial charge < -0.3 is 19.7 Å². The molecule has 41 heavy (non-hydrogen) atoms. The summed E-state index contributed by atoms with van der Waals surface area (Å²) in [6, 6.07) is 4.05. The molecule has 0 radical (unpaired) electrons. The first-order chi connectivity index (χ1) is 19.2. The van der Waals surface area contributed by atoms with Crippen molar-refractivity contribution in [2.24, 2.45) is 5.92 Å². The van der Waals surface area contributed by atoms with Crippen LogP contribution < -0.4 is 19.7 Å². The standard InChI is InChI=1S/C24H28F7N5O4S/c25-20-21(32-11-15-1-5-17(6-2-15)35-41(37,38)13-23(26,27)28)33-14-34-22(20)36-9-10-39-12-19(36)16-3-7-18(8-4-16)40-24(29,30)31/h3-4,7-8,14-15,17,19,35H,1-2,5-6,9-13H2,(H,32,33,34)/t15?,17?,19-/m1/s1. The third kappa shape index (κ3) is 9.03. The van der Waals surface area contributed by atoms with Crippen LogP contribution in [0.3, 0.4) is 0 Å². The van der Waals surface area contributed by atoms with E-state index < -0.39 is 52.0 Å². The second-order valence-electron chi connectivity index (χ2n) is 9.85. The smallest absolute Gasteiger partial charge is 0.406 e. The summed E-state index contributed by atoms with van der Waals surface area (Å²) in [4.78, 5) is 9.72. The summed E-state index contributed by atoms with van der Waals surface area (Å²) in [6.07, 6.45) is -6.80. The number of anilines is 2. The highest BCUT2D eigenvalue weighted by Crippen LogP contribution is 2.34. The quantitative estimate of drug-likeness (QED) is 0.397. The van der Waals surface area contributed by atoms with Gasteiger partial charge in [-0.1, -0.05) is 12.1 Å². The van der Waals surface area contributed by atoms with Gasteiger partial charge >= 0.3 is 12.5 Å². The van der Waals surface area contributed by atoms with Gasteiger partial charge in [0.1, 0.15) is 12.1 Å². The molecule has 1 saturated carbocycles. The summed E-state index contributed by atoms with van der Waals surface area (Å²) in [5.41, 5.74) is 0.564. The van der Waals surface area contributed by atoms with Crippen molar-refractivity contribution in [1.29, 1.82) is 0 Å². The molecule has 1 aliphatic carbocycles. The van der Waals surface area contributed by atoms with Crippen molar-refractivity contribution in [1.82, 2.24) is 14.7 Å². The van der Waals surface area contributed by atoms with Crippen LogP contribution in [0.4, 0.5) is 42.4 Å². The van der Waals surface area contributed by atoms with E-state index in [0.29, 0.717) is 37.8 Å². The Bertz CT molecular complexity index is 1270. The average molecular weight is 616 g/mol. The molecule has 0 bridgehead atoms. The third-order valence-electron chi connectivity index (χ3n) is 6.77. The topological polar surface area (TPSA) is 106 Å². The second kappa shape index (κ2) is 12.5. The van der Waals surface area contributed by atoms with Crippen LogP contribution >= 0.6 is 0 Å². The van der Waals surface area contributed by atoms with Gasteiger partial charge in [0.2, 0.25) is 15.8 Å². The Morgan fingerprint density at radius 1 is 1.02 bits per heavy atom. The Morgan fingerprint density at radius 3 is 2.34 bits per heavy atom. The van der Waals surface area contributed by atoms with Crippen molar-refractivity contribution >= 4 is 21.7 Å². The molecule has 1 aromatic carbocycles. The van der Waals surface area contributed by atoms with Gasteiger partial charge in [-0.25, -0.2) is 23.1 Å². The van der Waals surface area contributed by atoms with Crippen molar-refractivity contribution in [3.8, 4) is 5.75 Å². The normalized spacial score (nSPS) is 22.4. The molecular weight excluding hydrogens is 587 g/mol. The molecule has 0 amide bonds. The largest absolute Gasteiger partial charge is 0.573 e. The van der Waals surface area contributed by atoms with E-state index in [4.69, 9.17) is 4.74 Å². The van der Waals surface area contributed by atoms with E-state index in [1.807, 2.05) is 0 Å². The highest BCUT2D eigenvalue weighted by atomic mass is 32.2. The molecule has 4 rings (SSSR count). The van der Waals surface area contributed by atoms with Gasteiger partial charge in [0.05, 0.1) is 19.3 Å². The molecule has 0 spiro atoms. The zero-order valence-electron chi connectivity index (χ0n) is 21.5. The first-order valence-corrected chi connectivity index (χ1v) is 14.4. The highest BCUT2D eigenvalue weighted by molar-refractivity contribution is 7.89. The number of halogens is 7. The minimum absolute atomic E-state index is 0.00440. The van der Waals surface area contributed by atoms with Crippen molar-refractivity contribution < 1.29 is 48.6 Å². The van der Waals surface area contributed by atoms with Crippen molar-refractivity contribution in [3.63, 3.8) is 0 Å². The summed E-state index contributed by atoms with van der Waals surface area (Å²) < 4.78 is 125. The van der Waals surface area contributed by atoms with Crippen LogP contribution in [0.1, 0.15) is 37.3 Å².